The lowest BCUT2D eigenvalue weighted by Gasteiger charge is -2.40. The summed E-state index contributed by atoms with van der Waals surface area (Å²) in [5.74, 6) is 0. The Hall–Kier alpha value is -2.12. The van der Waals surface area contributed by atoms with Gasteiger partial charge in [-0.3, -0.25) is 0 Å². The van der Waals surface area contributed by atoms with Crippen LogP contribution in [0.15, 0.2) is 38.0 Å². The molecule has 128 valence electrons. The van der Waals surface area contributed by atoms with Gasteiger partial charge in [-0.1, -0.05) is 18.2 Å². The van der Waals surface area contributed by atoms with Gasteiger partial charge in [-0.15, -0.1) is 19.7 Å². The quantitative estimate of drug-likeness (QED) is 0.429. The second-order valence-corrected chi connectivity index (χ2v) is 5.10. The number of nitrogens with zero attached hydrogens (tertiary/aromatic N) is 3. The number of amides is 4. The molecule has 0 spiro atoms. The first-order valence-electron chi connectivity index (χ1n) is 7.38. The van der Waals surface area contributed by atoms with Crippen LogP contribution >= 0.6 is 0 Å². The Balaban J connectivity index is 2.73. The molecule has 0 aromatic heterocycles. The van der Waals surface area contributed by atoms with Crippen molar-refractivity contribution in [1.29, 1.82) is 0 Å². The van der Waals surface area contributed by atoms with Crippen LogP contribution in [0.3, 0.4) is 0 Å². The van der Waals surface area contributed by atoms with Crippen molar-refractivity contribution >= 4 is 12.1 Å². The lowest BCUT2D eigenvalue weighted by Crippen LogP contribution is -2.61. The molecular formula is C16H25N3O4. The molecule has 1 rings (SSSR count). The molecule has 0 aromatic carbocycles. The van der Waals surface area contributed by atoms with Gasteiger partial charge < -0.3 is 19.3 Å². The third-order valence-electron chi connectivity index (χ3n) is 3.17. The Morgan fingerprint density at radius 1 is 1.13 bits per heavy atom. The molecule has 1 saturated heterocycles. The topological polar surface area (TPSA) is 62.3 Å². The van der Waals surface area contributed by atoms with Gasteiger partial charge in [-0.25, -0.2) is 14.5 Å². The maximum absolute atomic E-state index is 12.4. The molecule has 1 atom stereocenters. The van der Waals surface area contributed by atoms with Crippen molar-refractivity contribution in [3.63, 3.8) is 0 Å². The molecule has 1 aliphatic rings. The summed E-state index contributed by atoms with van der Waals surface area (Å²) in [5, 5.41) is 0. The van der Waals surface area contributed by atoms with E-state index in [2.05, 4.69) is 19.7 Å². The molecule has 0 N–H and O–H groups in total. The molecule has 1 heterocycles. The van der Waals surface area contributed by atoms with Crippen molar-refractivity contribution in [2.45, 2.75) is 6.10 Å². The Kier molecular flexibility index (Phi) is 8.07. The second kappa shape index (κ2) is 9.81. The van der Waals surface area contributed by atoms with Gasteiger partial charge >= 0.3 is 12.1 Å². The Labute approximate surface area is 137 Å². The van der Waals surface area contributed by atoms with Crippen LogP contribution in [0.2, 0.25) is 0 Å². The Morgan fingerprint density at radius 2 is 1.83 bits per heavy atom. The molecule has 0 radical (unpaired) electrons. The first kappa shape index (κ1) is 18.9. The van der Waals surface area contributed by atoms with Gasteiger partial charge in [0.25, 0.3) is 0 Å². The van der Waals surface area contributed by atoms with Crippen molar-refractivity contribution in [2.75, 3.05) is 46.6 Å². The van der Waals surface area contributed by atoms with E-state index in [1.165, 1.54) is 11.0 Å². The van der Waals surface area contributed by atoms with Gasteiger partial charge in [0.15, 0.2) is 0 Å². The zero-order valence-corrected chi connectivity index (χ0v) is 13.6. The fraction of sp³-hybridized carbons (Fsp3) is 0.500. The van der Waals surface area contributed by atoms with E-state index in [1.807, 2.05) is 0 Å². The van der Waals surface area contributed by atoms with Crippen LogP contribution in [0.25, 0.3) is 0 Å². The Morgan fingerprint density at radius 3 is 2.43 bits per heavy atom. The van der Waals surface area contributed by atoms with Crippen LogP contribution in [0, 0.1) is 0 Å². The lowest BCUT2D eigenvalue weighted by molar-refractivity contribution is -0.0203. The van der Waals surface area contributed by atoms with Gasteiger partial charge in [0.05, 0.1) is 45.7 Å². The summed E-state index contributed by atoms with van der Waals surface area (Å²) in [4.78, 5) is 28.6. The molecule has 0 aliphatic carbocycles. The average Bonchev–Trinajstić information content (AvgIpc) is 2.54. The summed E-state index contributed by atoms with van der Waals surface area (Å²) in [6, 6.07) is -0.693. The highest BCUT2D eigenvalue weighted by Crippen LogP contribution is 2.13. The zero-order valence-electron chi connectivity index (χ0n) is 13.6. The lowest BCUT2D eigenvalue weighted by atomic mass is 10.3. The van der Waals surface area contributed by atoms with Crippen molar-refractivity contribution in [3.8, 4) is 0 Å². The summed E-state index contributed by atoms with van der Waals surface area (Å²) in [6.07, 6.45) is 4.49. The number of imide groups is 1. The molecule has 0 aromatic rings. The van der Waals surface area contributed by atoms with Gasteiger partial charge in [0.1, 0.15) is 0 Å². The number of hydrogen-bond acceptors (Lipinski definition) is 4. The third kappa shape index (κ3) is 5.54. The highest BCUT2D eigenvalue weighted by Gasteiger charge is 2.35. The largest absolute Gasteiger partial charge is 0.375 e. The first-order chi connectivity index (χ1) is 11.0. The molecule has 0 saturated carbocycles. The minimum atomic E-state index is -0.357. The van der Waals surface area contributed by atoms with Crippen LogP contribution in [-0.4, -0.2) is 79.5 Å². The molecular weight excluding hydrogens is 298 g/mol. The smallest absolute Gasteiger partial charge is 0.329 e. The standard InChI is InChI=1S/C16H25N3O4/c1-5-8-19-15(20)17(4)13-18(16(19)21)11-14(23-10-7-3)12-22-9-6-2/h5-7,14H,1-3,8-13H2,4H3. The molecule has 7 nitrogen and oxygen atoms in total. The van der Waals surface area contributed by atoms with Crippen LogP contribution in [0.1, 0.15) is 0 Å². The van der Waals surface area contributed by atoms with E-state index >= 15 is 0 Å². The van der Waals surface area contributed by atoms with Crippen LogP contribution in [-0.2, 0) is 9.47 Å². The maximum Gasteiger partial charge on any atom is 0.329 e. The van der Waals surface area contributed by atoms with E-state index in [1.54, 1.807) is 24.1 Å². The van der Waals surface area contributed by atoms with Crippen molar-refractivity contribution in [1.82, 2.24) is 14.7 Å². The van der Waals surface area contributed by atoms with Crippen LogP contribution in [0.5, 0.6) is 0 Å². The number of urea groups is 2. The number of rotatable bonds is 11. The normalized spacial score (nSPS) is 16.5. The van der Waals surface area contributed by atoms with Gasteiger partial charge in [0, 0.05) is 7.05 Å². The third-order valence-corrected chi connectivity index (χ3v) is 3.17. The summed E-state index contributed by atoms with van der Waals surface area (Å²) in [5.41, 5.74) is 0. The highest BCUT2D eigenvalue weighted by atomic mass is 16.5. The predicted molar refractivity (Wildman–Crippen MR) is 88.0 cm³/mol. The van der Waals surface area contributed by atoms with E-state index in [-0.39, 0.29) is 31.4 Å². The minimum absolute atomic E-state index is 0.170. The second-order valence-electron chi connectivity index (χ2n) is 5.10. The van der Waals surface area contributed by atoms with Gasteiger partial charge in [0.2, 0.25) is 0 Å². The summed E-state index contributed by atoms with van der Waals surface area (Å²) >= 11 is 0. The summed E-state index contributed by atoms with van der Waals surface area (Å²) in [7, 11) is 1.64. The predicted octanol–water partition coefficient (Wildman–Crippen LogP) is 1.69. The van der Waals surface area contributed by atoms with Crippen LogP contribution < -0.4 is 0 Å². The molecule has 1 fully saturated rings. The monoisotopic (exact) mass is 323 g/mol. The zero-order chi connectivity index (χ0) is 17.2. The van der Waals surface area contributed by atoms with Crippen molar-refractivity contribution < 1.29 is 19.1 Å². The highest BCUT2D eigenvalue weighted by molar-refractivity contribution is 5.95. The maximum atomic E-state index is 12.4. The molecule has 23 heavy (non-hydrogen) atoms. The molecule has 1 aliphatic heterocycles. The molecule has 4 amide bonds. The average molecular weight is 323 g/mol. The van der Waals surface area contributed by atoms with Gasteiger partial charge in [-0.05, 0) is 0 Å². The Bertz CT molecular complexity index is 453. The molecule has 0 bridgehead atoms. The van der Waals surface area contributed by atoms with E-state index in [4.69, 9.17) is 9.47 Å². The number of carbonyl (C=O) groups excluding carboxylic acids is 2. The van der Waals surface area contributed by atoms with E-state index < -0.39 is 0 Å². The summed E-state index contributed by atoms with van der Waals surface area (Å²) in [6.45, 7) is 12.6. The fourth-order valence-corrected chi connectivity index (χ4v) is 2.14. The minimum Gasteiger partial charge on any atom is -0.375 e. The van der Waals surface area contributed by atoms with Crippen molar-refractivity contribution in [2.24, 2.45) is 0 Å². The van der Waals surface area contributed by atoms with E-state index in [0.29, 0.717) is 26.4 Å². The van der Waals surface area contributed by atoms with Crippen molar-refractivity contribution in [3.05, 3.63) is 38.0 Å². The van der Waals surface area contributed by atoms with E-state index in [9.17, 15) is 9.59 Å². The molecule has 1 unspecified atom stereocenters. The number of carbonyl (C=O) groups is 2. The first-order valence-corrected chi connectivity index (χ1v) is 7.38. The fourth-order valence-electron chi connectivity index (χ4n) is 2.14. The number of hydrogen-bond donors (Lipinski definition) is 0. The SMILES string of the molecule is C=CCOCC(CN1CN(C)C(=O)N(CC=C)C1=O)OCC=C. The number of ether oxygens (including phenoxy) is 2. The van der Waals surface area contributed by atoms with E-state index in [0.717, 1.165) is 4.90 Å². The molecule has 7 heteroatoms. The van der Waals surface area contributed by atoms with Gasteiger partial charge in [-0.2, -0.15) is 0 Å². The van der Waals surface area contributed by atoms with Crippen LogP contribution in [0.4, 0.5) is 9.59 Å². The summed E-state index contributed by atoms with van der Waals surface area (Å²) < 4.78 is 11.0.